The predicted octanol–water partition coefficient (Wildman–Crippen LogP) is 1.86. The van der Waals surface area contributed by atoms with E-state index in [9.17, 15) is 4.79 Å². The van der Waals surface area contributed by atoms with Crippen molar-refractivity contribution >= 4 is 17.3 Å². The highest BCUT2D eigenvalue weighted by molar-refractivity contribution is 7.07. The Balaban J connectivity index is 1.81. The number of hydrogen-bond acceptors (Lipinski definition) is 5. The van der Waals surface area contributed by atoms with Gasteiger partial charge in [0.25, 0.3) is 0 Å². The molecule has 5 heteroatoms. The molecule has 0 saturated carbocycles. The van der Waals surface area contributed by atoms with E-state index >= 15 is 0 Å². The van der Waals surface area contributed by atoms with Crippen LogP contribution < -0.4 is 0 Å². The number of hydrogen-bond donors (Lipinski definition) is 0. The van der Waals surface area contributed by atoms with Crippen LogP contribution >= 0.6 is 11.3 Å². The van der Waals surface area contributed by atoms with Gasteiger partial charge in [-0.2, -0.15) is 11.3 Å². The standard InChI is InChI=1S/C15H24N2O2S/c1-13(10-14-4-9-20-12-14)17-6-3-5-16(7-8-17)11-15(18)19-2/h4,9,12-13H,3,5-8,10-11H2,1-2H3/t13-/m0/s1. The molecule has 20 heavy (non-hydrogen) atoms. The van der Waals surface area contributed by atoms with Gasteiger partial charge in [0.2, 0.25) is 0 Å². The average molecular weight is 296 g/mol. The number of nitrogens with zero attached hydrogens (tertiary/aromatic N) is 2. The number of thiophene rings is 1. The van der Waals surface area contributed by atoms with Crippen LogP contribution in [0.5, 0.6) is 0 Å². The summed E-state index contributed by atoms with van der Waals surface area (Å²) in [5.74, 6) is -0.134. The van der Waals surface area contributed by atoms with E-state index in [4.69, 9.17) is 4.74 Å². The molecule has 1 aliphatic rings. The van der Waals surface area contributed by atoms with E-state index in [1.54, 1.807) is 11.3 Å². The van der Waals surface area contributed by atoms with Gasteiger partial charge in [0, 0.05) is 25.7 Å². The van der Waals surface area contributed by atoms with Crippen molar-refractivity contribution in [3.05, 3.63) is 22.4 Å². The first-order chi connectivity index (χ1) is 9.69. The smallest absolute Gasteiger partial charge is 0.319 e. The molecule has 1 aromatic heterocycles. The van der Waals surface area contributed by atoms with Crippen molar-refractivity contribution in [1.29, 1.82) is 0 Å². The van der Waals surface area contributed by atoms with E-state index < -0.39 is 0 Å². The van der Waals surface area contributed by atoms with Crippen LogP contribution in [0.25, 0.3) is 0 Å². The van der Waals surface area contributed by atoms with Crippen molar-refractivity contribution in [2.24, 2.45) is 0 Å². The number of carbonyl (C=O) groups excluding carboxylic acids is 1. The predicted molar refractivity (Wildman–Crippen MR) is 82.1 cm³/mol. The highest BCUT2D eigenvalue weighted by atomic mass is 32.1. The summed E-state index contributed by atoms with van der Waals surface area (Å²) in [7, 11) is 1.45. The highest BCUT2D eigenvalue weighted by Gasteiger charge is 2.20. The first-order valence-electron chi connectivity index (χ1n) is 7.23. The Labute approximate surface area is 125 Å². The Bertz CT molecular complexity index is 408. The second-order valence-electron chi connectivity index (χ2n) is 5.43. The molecule has 0 radical (unpaired) electrons. The fourth-order valence-corrected chi connectivity index (χ4v) is 3.40. The summed E-state index contributed by atoms with van der Waals surface area (Å²) in [6, 6.07) is 2.77. The van der Waals surface area contributed by atoms with Gasteiger partial charge in [0.1, 0.15) is 0 Å². The van der Waals surface area contributed by atoms with Crippen molar-refractivity contribution < 1.29 is 9.53 Å². The zero-order valence-corrected chi connectivity index (χ0v) is 13.2. The summed E-state index contributed by atoms with van der Waals surface area (Å²) in [6.07, 6.45) is 2.23. The van der Waals surface area contributed by atoms with Gasteiger partial charge in [-0.3, -0.25) is 14.6 Å². The van der Waals surface area contributed by atoms with Gasteiger partial charge in [-0.25, -0.2) is 0 Å². The van der Waals surface area contributed by atoms with E-state index in [0.29, 0.717) is 12.6 Å². The summed E-state index contributed by atoms with van der Waals surface area (Å²) in [5.41, 5.74) is 1.43. The minimum atomic E-state index is -0.134. The van der Waals surface area contributed by atoms with Gasteiger partial charge in [0.05, 0.1) is 13.7 Å². The fourth-order valence-electron chi connectivity index (χ4n) is 2.72. The number of ether oxygens (including phenoxy) is 1. The maximum Gasteiger partial charge on any atom is 0.319 e. The van der Waals surface area contributed by atoms with Crippen molar-refractivity contribution in [2.75, 3.05) is 39.8 Å². The Hall–Kier alpha value is -0.910. The summed E-state index contributed by atoms with van der Waals surface area (Å²) >= 11 is 1.76. The third-order valence-corrected chi connectivity index (χ3v) is 4.67. The lowest BCUT2D eigenvalue weighted by Crippen LogP contribution is -2.38. The molecule has 0 bridgehead atoms. The van der Waals surface area contributed by atoms with E-state index in [-0.39, 0.29) is 5.97 Å². The molecule has 0 unspecified atom stereocenters. The van der Waals surface area contributed by atoms with Crippen molar-refractivity contribution in [2.45, 2.75) is 25.8 Å². The molecule has 1 aliphatic heterocycles. The lowest BCUT2D eigenvalue weighted by Gasteiger charge is -2.27. The maximum atomic E-state index is 11.3. The van der Waals surface area contributed by atoms with Crippen LogP contribution in [0.1, 0.15) is 18.9 Å². The van der Waals surface area contributed by atoms with Crippen molar-refractivity contribution in [1.82, 2.24) is 9.80 Å². The van der Waals surface area contributed by atoms with Crippen molar-refractivity contribution in [3.8, 4) is 0 Å². The second kappa shape index (κ2) is 7.76. The normalized spacial score (nSPS) is 19.5. The monoisotopic (exact) mass is 296 g/mol. The summed E-state index contributed by atoms with van der Waals surface area (Å²) in [5, 5.41) is 4.38. The molecule has 0 amide bonds. The lowest BCUT2D eigenvalue weighted by atomic mass is 10.1. The minimum absolute atomic E-state index is 0.134. The first-order valence-corrected chi connectivity index (χ1v) is 8.17. The van der Waals surface area contributed by atoms with E-state index in [2.05, 4.69) is 33.6 Å². The zero-order valence-electron chi connectivity index (χ0n) is 12.4. The van der Waals surface area contributed by atoms with Crippen LogP contribution in [0, 0.1) is 0 Å². The number of carbonyl (C=O) groups is 1. The Morgan fingerprint density at radius 3 is 2.95 bits per heavy atom. The van der Waals surface area contributed by atoms with Gasteiger partial charge in [0.15, 0.2) is 0 Å². The molecule has 112 valence electrons. The van der Waals surface area contributed by atoms with E-state index in [1.165, 1.54) is 12.7 Å². The Morgan fingerprint density at radius 2 is 2.25 bits per heavy atom. The minimum Gasteiger partial charge on any atom is -0.468 e. The zero-order chi connectivity index (χ0) is 14.4. The Kier molecular flexibility index (Phi) is 6.01. The SMILES string of the molecule is COC(=O)CN1CCCN([C@@H](C)Cc2ccsc2)CC1. The maximum absolute atomic E-state index is 11.3. The quantitative estimate of drug-likeness (QED) is 0.777. The van der Waals surface area contributed by atoms with Gasteiger partial charge in [-0.15, -0.1) is 0 Å². The topological polar surface area (TPSA) is 32.8 Å². The summed E-state index contributed by atoms with van der Waals surface area (Å²) in [4.78, 5) is 16.1. The molecule has 1 fully saturated rings. The van der Waals surface area contributed by atoms with Gasteiger partial charge in [-0.1, -0.05) is 0 Å². The molecule has 1 saturated heterocycles. The van der Waals surface area contributed by atoms with Crippen molar-refractivity contribution in [3.63, 3.8) is 0 Å². The van der Waals surface area contributed by atoms with Crippen LogP contribution in [0.2, 0.25) is 0 Å². The Morgan fingerprint density at radius 1 is 1.40 bits per heavy atom. The number of esters is 1. The van der Waals surface area contributed by atoms with Crippen LogP contribution in [0.3, 0.4) is 0 Å². The second-order valence-corrected chi connectivity index (χ2v) is 6.21. The molecule has 0 aromatic carbocycles. The fraction of sp³-hybridized carbons (Fsp3) is 0.667. The van der Waals surface area contributed by atoms with E-state index in [1.807, 2.05) is 0 Å². The van der Waals surface area contributed by atoms with Crippen LogP contribution in [-0.4, -0.2) is 61.6 Å². The van der Waals surface area contributed by atoms with Gasteiger partial charge in [-0.05, 0) is 48.7 Å². The molecule has 0 N–H and O–H groups in total. The molecule has 2 rings (SSSR count). The molecular formula is C15H24N2O2S. The third-order valence-electron chi connectivity index (χ3n) is 3.94. The average Bonchev–Trinajstić information content (AvgIpc) is 2.83. The highest BCUT2D eigenvalue weighted by Crippen LogP contribution is 2.14. The number of rotatable bonds is 5. The third kappa shape index (κ3) is 4.58. The molecule has 1 atom stereocenters. The molecule has 1 aromatic rings. The first kappa shape index (κ1) is 15.5. The molecule has 2 heterocycles. The largest absolute Gasteiger partial charge is 0.468 e. The van der Waals surface area contributed by atoms with Gasteiger partial charge >= 0.3 is 5.97 Å². The van der Waals surface area contributed by atoms with Gasteiger partial charge < -0.3 is 4.74 Å². The lowest BCUT2D eigenvalue weighted by molar-refractivity contribution is -0.141. The number of methoxy groups -OCH3 is 1. The van der Waals surface area contributed by atoms with Crippen LogP contribution in [0.15, 0.2) is 16.8 Å². The summed E-state index contributed by atoms with van der Waals surface area (Å²) < 4.78 is 4.75. The van der Waals surface area contributed by atoms with Crippen LogP contribution in [0.4, 0.5) is 0 Å². The summed E-state index contributed by atoms with van der Waals surface area (Å²) in [6.45, 7) is 6.79. The molecule has 4 nitrogen and oxygen atoms in total. The molecule has 0 spiro atoms. The molecule has 0 aliphatic carbocycles. The van der Waals surface area contributed by atoms with Crippen LogP contribution in [-0.2, 0) is 16.0 Å². The molecular weight excluding hydrogens is 272 g/mol. The van der Waals surface area contributed by atoms with E-state index in [0.717, 1.165) is 39.0 Å².